The lowest BCUT2D eigenvalue weighted by Gasteiger charge is -2.22. The number of benzene rings is 2. The predicted octanol–water partition coefficient (Wildman–Crippen LogP) is 2.98. The van der Waals surface area contributed by atoms with Gasteiger partial charge in [0, 0.05) is 12.6 Å². The monoisotopic (exact) mass is 383 g/mol. The molecule has 1 aliphatic carbocycles. The molecule has 148 valence electrons. The molecule has 1 aliphatic rings. The third kappa shape index (κ3) is 5.49. The highest BCUT2D eigenvalue weighted by Crippen LogP contribution is 2.29. The molecule has 0 unspecified atom stereocenters. The number of carbonyl (C=O) groups is 2. The van der Waals surface area contributed by atoms with E-state index in [0.717, 1.165) is 35.5 Å². The molecule has 2 aromatic carbocycles. The number of methoxy groups -OCH3 is 2. The summed E-state index contributed by atoms with van der Waals surface area (Å²) in [5.41, 5.74) is 1.83. The first-order valence-electron chi connectivity index (χ1n) is 9.30. The zero-order valence-corrected chi connectivity index (χ0v) is 16.2. The van der Waals surface area contributed by atoms with Crippen LogP contribution in [0.5, 0.6) is 11.5 Å². The van der Waals surface area contributed by atoms with Crippen molar-refractivity contribution in [3.8, 4) is 11.5 Å². The van der Waals surface area contributed by atoms with Crippen LogP contribution in [0.2, 0.25) is 0 Å². The Morgan fingerprint density at radius 2 is 1.43 bits per heavy atom. The van der Waals surface area contributed by atoms with Gasteiger partial charge in [-0.1, -0.05) is 24.3 Å². The molecular formula is C22H25NO5. The van der Waals surface area contributed by atoms with Crippen molar-refractivity contribution >= 4 is 11.9 Å². The van der Waals surface area contributed by atoms with Crippen molar-refractivity contribution in [1.82, 2.24) is 4.90 Å². The summed E-state index contributed by atoms with van der Waals surface area (Å²) in [6.07, 6.45) is 2.10. The number of rotatable bonds is 9. The van der Waals surface area contributed by atoms with Gasteiger partial charge < -0.3 is 19.1 Å². The number of nitrogens with zero attached hydrogens (tertiary/aromatic N) is 1. The third-order valence-corrected chi connectivity index (χ3v) is 4.68. The van der Waals surface area contributed by atoms with Crippen molar-refractivity contribution in [2.24, 2.45) is 0 Å². The number of carbonyl (C=O) groups excluding carboxylic acids is 2. The van der Waals surface area contributed by atoms with Gasteiger partial charge in [0.1, 0.15) is 11.5 Å². The van der Waals surface area contributed by atoms with Crippen LogP contribution < -0.4 is 9.47 Å². The minimum atomic E-state index is -0.418. The largest absolute Gasteiger partial charge is 0.497 e. The summed E-state index contributed by atoms with van der Waals surface area (Å²) in [5.74, 6) is 0.923. The molecule has 0 bridgehead atoms. The molecule has 0 saturated heterocycles. The standard InChI is InChI=1S/C22H25NO5/c1-26-19-9-3-16(4-10-19)13-22(25)28-15-21(24)23(18-7-8-18)14-17-5-11-20(27-2)12-6-17/h3-6,9-12,18H,7-8,13-15H2,1-2H3. The van der Waals surface area contributed by atoms with Crippen LogP contribution in [0, 0.1) is 0 Å². The first-order chi connectivity index (χ1) is 13.6. The number of hydrogen-bond donors (Lipinski definition) is 0. The van der Waals surface area contributed by atoms with Gasteiger partial charge in [-0.05, 0) is 48.2 Å². The summed E-state index contributed by atoms with van der Waals surface area (Å²) in [6.45, 7) is 0.269. The molecule has 6 nitrogen and oxygen atoms in total. The molecule has 28 heavy (non-hydrogen) atoms. The zero-order chi connectivity index (χ0) is 19.9. The van der Waals surface area contributed by atoms with Gasteiger partial charge in [0.15, 0.2) is 6.61 Å². The normalized spacial score (nSPS) is 12.9. The zero-order valence-electron chi connectivity index (χ0n) is 16.2. The highest BCUT2D eigenvalue weighted by molar-refractivity contribution is 5.81. The Morgan fingerprint density at radius 3 is 1.93 bits per heavy atom. The number of hydrogen-bond acceptors (Lipinski definition) is 5. The van der Waals surface area contributed by atoms with Gasteiger partial charge in [-0.3, -0.25) is 9.59 Å². The number of amides is 1. The van der Waals surface area contributed by atoms with Gasteiger partial charge in [-0.25, -0.2) is 0 Å². The lowest BCUT2D eigenvalue weighted by Crippen LogP contribution is -2.36. The minimum Gasteiger partial charge on any atom is -0.497 e. The van der Waals surface area contributed by atoms with E-state index in [-0.39, 0.29) is 25.0 Å². The average Bonchev–Trinajstić information content (AvgIpc) is 3.56. The Morgan fingerprint density at radius 1 is 0.893 bits per heavy atom. The second-order valence-electron chi connectivity index (χ2n) is 6.79. The van der Waals surface area contributed by atoms with E-state index < -0.39 is 5.97 Å². The third-order valence-electron chi connectivity index (χ3n) is 4.68. The molecule has 0 N–H and O–H groups in total. The fourth-order valence-corrected chi connectivity index (χ4v) is 2.92. The molecule has 2 aromatic rings. The summed E-state index contributed by atoms with van der Waals surface area (Å²) >= 11 is 0. The molecule has 0 spiro atoms. The first-order valence-corrected chi connectivity index (χ1v) is 9.30. The van der Waals surface area contributed by atoms with Crippen LogP contribution in [0.4, 0.5) is 0 Å². The Kier molecular flexibility index (Phi) is 6.53. The van der Waals surface area contributed by atoms with Gasteiger partial charge in [0.25, 0.3) is 5.91 Å². The van der Waals surface area contributed by atoms with Gasteiger partial charge in [-0.2, -0.15) is 0 Å². The quantitative estimate of drug-likeness (QED) is 0.623. The highest BCUT2D eigenvalue weighted by Gasteiger charge is 2.32. The van der Waals surface area contributed by atoms with Crippen molar-refractivity contribution in [3.63, 3.8) is 0 Å². The SMILES string of the molecule is COc1ccc(CC(=O)OCC(=O)N(Cc2ccc(OC)cc2)C2CC2)cc1. The summed E-state index contributed by atoms with van der Waals surface area (Å²) in [5, 5.41) is 0. The minimum absolute atomic E-state index is 0.124. The van der Waals surface area contributed by atoms with Crippen LogP contribution in [0.15, 0.2) is 48.5 Å². The highest BCUT2D eigenvalue weighted by atomic mass is 16.5. The maximum Gasteiger partial charge on any atom is 0.310 e. The lowest BCUT2D eigenvalue weighted by molar-refractivity contribution is -0.152. The van der Waals surface area contributed by atoms with Gasteiger partial charge in [0.2, 0.25) is 0 Å². The van der Waals surface area contributed by atoms with Crippen molar-refractivity contribution in [1.29, 1.82) is 0 Å². The van der Waals surface area contributed by atoms with E-state index in [2.05, 4.69) is 0 Å². The van der Waals surface area contributed by atoms with E-state index in [0.29, 0.717) is 6.54 Å². The summed E-state index contributed by atoms with van der Waals surface area (Å²) in [7, 11) is 3.21. The van der Waals surface area contributed by atoms with E-state index in [1.807, 2.05) is 36.4 Å². The van der Waals surface area contributed by atoms with Crippen molar-refractivity contribution in [2.75, 3.05) is 20.8 Å². The second kappa shape index (κ2) is 9.26. The average molecular weight is 383 g/mol. The molecule has 0 aliphatic heterocycles. The molecule has 1 saturated carbocycles. The first kappa shape index (κ1) is 19.7. The van der Waals surface area contributed by atoms with Gasteiger partial charge in [0.05, 0.1) is 20.6 Å². The molecule has 0 heterocycles. The Bertz CT molecular complexity index is 797. The maximum atomic E-state index is 12.6. The lowest BCUT2D eigenvalue weighted by atomic mass is 10.1. The molecule has 0 atom stereocenters. The van der Waals surface area contributed by atoms with Gasteiger partial charge in [-0.15, -0.1) is 0 Å². The fourth-order valence-electron chi connectivity index (χ4n) is 2.92. The van der Waals surface area contributed by atoms with Crippen LogP contribution >= 0.6 is 0 Å². The van der Waals surface area contributed by atoms with Crippen LogP contribution in [0.3, 0.4) is 0 Å². The summed E-state index contributed by atoms with van der Waals surface area (Å²) in [4.78, 5) is 26.5. The molecule has 6 heteroatoms. The van der Waals surface area contributed by atoms with Crippen molar-refractivity contribution in [3.05, 3.63) is 59.7 Å². The molecule has 1 fully saturated rings. The molecule has 3 rings (SSSR count). The molecule has 1 amide bonds. The smallest absolute Gasteiger partial charge is 0.310 e. The van der Waals surface area contributed by atoms with E-state index in [1.165, 1.54) is 0 Å². The van der Waals surface area contributed by atoms with Crippen molar-refractivity contribution in [2.45, 2.75) is 31.8 Å². The molecule has 0 aromatic heterocycles. The van der Waals surface area contributed by atoms with E-state index in [4.69, 9.17) is 14.2 Å². The summed E-state index contributed by atoms with van der Waals surface area (Å²) in [6, 6.07) is 15.1. The Balaban J connectivity index is 1.51. The van der Waals surface area contributed by atoms with Crippen LogP contribution in [0.1, 0.15) is 24.0 Å². The van der Waals surface area contributed by atoms with E-state index >= 15 is 0 Å². The topological polar surface area (TPSA) is 65.1 Å². The van der Waals surface area contributed by atoms with Crippen LogP contribution in [-0.2, 0) is 27.3 Å². The maximum absolute atomic E-state index is 12.6. The van der Waals surface area contributed by atoms with E-state index in [1.54, 1.807) is 31.3 Å². The Labute approximate surface area is 165 Å². The van der Waals surface area contributed by atoms with Crippen LogP contribution in [-0.4, -0.2) is 43.6 Å². The van der Waals surface area contributed by atoms with Crippen LogP contribution in [0.25, 0.3) is 0 Å². The fraction of sp³-hybridized carbons (Fsp3) is 0.364. The van der Waals surface area contributed by atoms with E-state index in [9.17, 15) is 9.59 Å². The van der Waals surface area contributed by atoms with Gasteiger partial charge >= 0.3 is 5.97 Å². The predicted molar refractivity (Wildman–Crippen MR) is 104 cm³/mol. The second-order valence-corrected chi connectivity index (χ2v) is 6.79. The number of esters is 1. The molecule has 0 radical (unpaired) electrons. The van der Waals surface area contributed by atoms with Crippen molar-refractivity contribution < 1.29 is 23.8 Å². The molecular weight excluding hydrogens is 358 g/mol. The Hall–Kier alpha value is -3.02. The number of ether oxygens (including phenoxy) is 3. The summed E-state index contributed by atoms with van der Waals surface area (Å²) < 4.78 is 15.5.